The molecular weight excluding hydrogens is 452 g/mol. The molecule has 0 saturated carbocycles. The van der Waals surface area contributed by atoms with Gasteiger partial charge in [0.25, 0.3) is 5.56 Å². The Hall–Kier alpha value is -3.39. The first-order valence-corrected chi connectivity index (χ1v) is 12.0. The molecule has 7 nitrogen and oxygen atoms in total. The molecule has 0 fully saturated rings. The van der Waals surface area contributed by atoms with Gasteiger partial charge in [0.1, 0.15) is 11.5 Å². The van der Waals surface area contributed by atoms with Gasteiger partial charge in [0.05, 0.1) is 24.3 Å². The Morgan fingerprint density at radius 1 is 1.24 bits per heavy atom. The number of aromatic nitrogens is 1. The lowest BCUT2D eigenvalue weighted by Gasteiger charge is -2.45. The number of carbonyl (C=O) groups is 1. The number of nitrogens with zero attached hydrogens (tertiary/aromatic N) is 2. The van der Waals surface area contributed by atoms with Crippen molar-refractivity contribution in [2.75, 3.05) is 13.7 Å². The van der Waals surface area contributed by atoms with Crippen molar-refractivity contribution < 1.29 is 19.0 Å². The molecule has 0 amide bonds. The number of carbonyl (C=O) groups excluding carboxylic acids is 1. The smallest absolute Gasteiger partial charge is 0.302 e. The summed E-state index contributed by atoms with van der Waals surface area (Å²) in [6.07, 6.45) is 1.91. The SMILES string of the molecule is CCOC(C)=O.COc1ccc(/C=c2/sc3n(c2=O)C2c4ccccc4OC(C)(N=3)C2C)cc1. The maximum absolute atomic E-state index is 13.3. The fraction of sp³-hybridized carbons (Fsp3) is 0.346. The Kier molecular flexibility index (Phi) is 6.61. The first-order valence-electron chi connectivity index (χ1n) is 11.2. The third kappa shape index (κ3) is 4.37. The highest BCUT2D eigenvalue weighted by Crippen LogP contribution is 2.46. The summed E-state index contributed by atoms with van der Waals surface area (Å²) >= 11 is 1.42. The van der Waals surface area contributed by atoms with Crippen LogP contribution in [0.15, 0.2) is 58.3 Å². The molecule has 2 aliphatic rings. The van der Waals surface area contributed by atoms with Crippen LogP contribution in [0.25, 0.3) is 6.08 Å². The predicted octanol–water partition coefficient (Wildman–Crippen LogP) is 3.28. The third-order valence-electron chi connectivity index (χ3n) is 6.07. The molecule has 178 valence electrons. The van der Waals surface area contributed by atoms with E-state index in [1.165, 1.54) is 18.3 Å². The number of methoxy groups -OCH3 is 1. The normalized spacial score (nSPS) is 22.2. The zero-order chi connectivity index (χ0) is 24.5. The molecule has 2 bridgehead atoms. The molecule has 5 rings (SSSR count). The fourth-order valence-electron chi connectivity index (χ4n) is 4.24. The monoisotopic (exact) mass is 480 g/mol. The summed E-state index contributed by atoms with van der Waals surface area (Å²) in [5.74, 6) is 1.44. The van der Waals surface area contributed by atoms with E-state index < -0.39 is 5.72 Å². The lowest BCUT2D eigenvalue weighted by atomic mass is 9.83. The van der Waals surface area contributed by atoms with Crippen molar-refractivity contribution in [1.82, 2.24) is 4.57 Å². The first kappa shape index (κ1) is 23.8. The second-order valence-corrected chi connectivity index (χ2v) is 9.32. The molecule has 3 heterocycles. The summed E-state index contributed by atoms with van der Waals surface area (Å²) in [6, 6.07) is 15.5. The molecule has 8 heteroatoms. The molecular formula is C26H28N2O5S. The Bertz CT molecular complexity index is 1380. The van der Waals surface area contributed by atoms with Gasteiger partial charge < -0.3 is 14.2 Å². The molecule has 0 spiro atoms. The van der Waals surface area contributed by atoms with Crippen molar-refractivity contribution in [2.24, 2.45) is 10.9 Å². The van der Waals surface area contributed by atoms with E-state index in [4.69, 9.17) is 14.5 Å². The van der Waals surface area contributed by atoms with E-state index in [2.05, 4.69) is 11.7 Å². The Balaban J connectivity index is 0.000000408. The van der Waals surface area contributed by atoms with Crippen LogP contribution in [0.2, 0.25) is 0 Å². The Morgan fingerprint density at radius 3 is 2.56 bits per heavy atom. The fourth-order valence-corrected chi connectivity index (χ4v) is 5.34. The van der Waals surface area contributed by atoms with Crippen LogP contribution in [-0.4, -0.2) is 30.0 Å². The summed E-state index contributed by atoms with van der Waals surface area (Å²) < 4.78 is 18.4. The van der Waals surface area contributed by atoms with Crippen molar-refractivity contribution in [3.63, 3.8) is 0 Å². The van der Waals surface area contributed by atoms with Crippen molar-refractivity contribution in [3.05, 3.63) is 79.3 Å². The molecule has 0 radical (unpaired) electrons. The van der Waals surface area contributed by atoms with Crippen LogP contribution in [0.4, 0.5) is 0 Å². The first-order chi connectivity index (χ1) is 16.3. The number of fused-ring (bicyclic) bond motifs is 6. The van der Waals surface area contributed by atoms with Crippen LogP contribution in [-0.2, 0) is 9.53 Å². The number of benzene rings is 2. The number of esters is 1. The van der Waals surface area contributed by atoms with Crippen LogP contribution in [0.3, 0.4) is 0 Å². The number of rotatable bonds is 3. The number of para-hydroxylation sites is 1. The molecule has 0 aliphatic carbocycles. The van der Waals surface area contributed by atoms with E-state index in [0.717, 1.165) is 22.6 Å². The molecule has 2 aliphatic heterocycles. The van der Waals surface area contributed by atoms with Crippen molar-refractivity contribution in [1.29, 1.82) is 0 Å². The average molecular weight is 481 g/mol. The quantitative estimate of drug-likeness (QED) is 0.538. The molecule has 3 unspecified atom stereocenters. The molecule has 2 aromatic carbocycles. The van der Waals surface area contributed by atoms with E-state index in [-0.39, 0.29) is 23.5 Å². The van der Waals surface area contributed by atoms with Gasteiger partial charge in [0.2, 0.25) is 5.72 Å². The van der Waals surface area contributed by atoms with Crippen LogP contribution < -0.4 is 24.4 Å². The highest BCUT2D eigenvalue weighted by molar-refractivity contribution is 7.07. The van der Waals surface area contributed by atoms with Gasteiger partial charge in [0.15, 0.2) is 4.80 Å². The second kappa shape index (κ2) is 9.46. The molecule has 3 aromatic rings. The molecule has 0 N–H and O–H groups in total. The standard InChI is InChI=1S/C22H20N2O3S.C4H8O2/c1-13-19-16-6-4-5-7-17(16)27-22(13,2)23-21-24(19)20(25)18(28-21)12-14-8-10-15(26-3)11-9-14;1-3-6-4(2)5/h4-13,19H,1-3H3;3H2,1-2H3/b18-12+;. The minimum absolute atomic E-state index is 0.00447. The zero-order valence-corrected chi connectivity index (χ0v) is 20.7. The lowest BCUT2D eigenvalue weighted by molar-refractivity contribution is -0.140. The number of thiazole rings is 1. The van der Waals surface area contributed by atoms with Crippen molar-refractivity contribution >= 4 is 23.4 Å². The minimum atomic E-state index is -0.673. The maximum atomic E-state index is 13.3. The van der Waals surface area contributed by atoms with Crippen LogP contribution in [0, 0.1) is 5.92 Å². The second-order valence-electron chi connectivity index (χ2n) is 8.31. The average Bonchev–Trinajstić information content (AvgIpc) is 3.09. The minimum Gasteiger partial charge on any atom is -0.497 e. The highest BCUT2D eigenvalue weighted by atomic mass is 32.1. The van der Waals surface area contributed by atoms with Gasteiger partial charge >= 0.3 is 5.97 Å². The third-order valence-corrected chi connectivity index (χ3v) is 7.05. The highest BCUT2D eigenvalue weighted by Gasteiger charge is 2.48. The van der Waals surface area contributed by atoms with E-state index in [1.807, 2.05) is 66.1 Å². The number of hydrogen-bond donors (Lipinski definition) is 0. The summed E-state index contributed by atoms with van der Waals surface area (Å²) in [7, 11) is 1.64. The van der Waals surface area contributed by atoms with Crippen LogP contribution >= 0.6 is 11.3 Å². The van der Waals surface area contributed by atoms with E-state index in [0.29, 0.717) is 15.9 Å². The van der Waals surface area contributed by atoms with Gasteiger partial charge in [-0.15, -0.1) is 0 Å². The maximum Gasteiger partial charge on any atom is 0.302 e. The lowest BCUT2D eigenvalue weighted by Crippen LogP contribution is -2.54. The molecule has 3 atom stereocenters. The van der Waals surface area contributed by atoms with Gasteiger partial charge in [-0.1, -0.05) is 48.6 Å². The summed E-state index contributed by atoms with van der Waals surface area (Å²) in [5, 5.41) is 0. The topological polar surface area (TPSA) is 79.1 Å². The summed E-state index contributed by atoms with van der Waals surface area (Å²) in [5.41, 5.74) is 1.32. The molecule has 0 saturated heterocycles. The van der Waals surface area contributed by atoms with E-state index in [9.17, 15) is 9.59 Å². The van der Waals surface area contributed by atoms with E-state index >= 15 is 0 Å². The number of hydrogen-bond acceptors (Lipinski definition) is 7. The van der Waals surface area contributed by atoms with E-state index in [1.54, 1.807) is 14.0 Å². The van der Waals surface area contributed by atoms with Gasteiger partial charge in [-0.25, -0.2) is 4.99 Å². The summed E-state index contributed by atoms with van der Waals surface area (Å²) in [6.45, 7) is 7.76. The largest absolute Gasteiger partial charge is 0.497 e. The predicted molar refractivity (Wildman–Crippen MR) is 131 cm³/mol. The van der Waals surface area contributed by atoms with Crippen molar-refractivity contribution in [3.8, 4) is 11.5 Å². The van der Waals surface area contributed by atoms with Crippen molar-refractivity contribution in [2.45, 2.75) is 39.5 Å². The Labute approximate surface area is 201 Å². The van der Waals surface area contributed by atoms with Gasteiger partial charge in [0, 0.05) is 18.4 Å². The summed E-state index contributed by atoms with van der Waals surface area (Å²) in [4.78, 5) is 28.7. The van der Waals surface area contributed by atoms with Gasteiger partial charge in [-0.3, -0.25) is 14.2 Å². The zero-order valence-electron chi connectivity index (χ0n) is 19.9. The van der Waals surface area contributed by atoms with Crippen LogP contribution in [0.5, 0.6) is 11.5 Å². The van der Waals surface area contributed by atoms with Gasteiger partial charge in [-0.05, 0) is 43.7 Å². The number of ether oxygens (including phenoxy) is 3. The molecule has 34 heavy (non-hydrogen) atoms. The Morgan fingerprint density at radius 2 is 1.94 bits per heavy atom. The van der Waals surface area contributed by atoms with Crippen LogP contribution in [0.1, 0.15) is 44.9 Å². The molecule has 1 aromatic heterocycles. The van der Waals surface area contributed by atoms with Gasteiger partial charge in [-0.2, -0.15) is 0 Å².